The van der Waals surface area contributed by atoms with Crippen molar-refractivity contribution in [1.82, 2.24) is 0 Å². The molecule has 0 atom stereocenters. The number of nitrogens with zero attached hydrogens (tertiary/aromatic N) is 2. The maximum Gasteiger partial charge on any atom is 0.411 e. The van der Waals surface area contributed by atoms with E-state index in [1.165, 1.54) is 36.4 Å². The fourth-order valence-electron chi connectivity index (χ4n) is 4.07. The van der Waals surface area contributed by atoms with Crippen LogP contribution in [0.25, 0.3) is 21.7 Å². The molecule has 0 fully saturated rings. The first-order valence-electron chi connectivity index (χ1n) is 11.7. The van der Waals surface area contributed by atoms with Gasteiger partial charge in [-0.2, -0.15) is 5.10 Å². The van der Waals surface area contributed by atoms with Gasteiger partial charge in [-0.15, -0.1) is 0 Å². The molecule has 0 radical (unpaired) electrons. The van der Waals surface area contributed by atoms with E-state index in [1.807, 2.05) is 36.4 Å². The number of aromatic hydroxyl groups is 1. The summed E-state index contributed by atoms with van der Waals surface area (Å²) in [6.45, 7) is 1.89. The maximum absolute atomic E-state index is 12.6. The summed E-state index contributed by atoms with van der Waals surface area (Å²) in [4.78, 5) is 23.1. The highest BCUT2D eigenvalue weighted by Gasteiger charge is 2.24. The number of anilines is 2. The second kappa shape index (κ2) is 10.3. The van der Waals surface area contributed by atoms with Gasteiger partial charge in [-0.3, -0.25) is 20.9 Å². The van der Waals surface area contributed by atoms with Crippen molar-refractivity contribution >= 4 is 50.6 Å². The number of phenols is 1. The molecular weight excluding hydrogens is 488 g/mol. The number of carbonyl (C=O) groups is 1. The van der Waals surface area contributed by atoms with Crippen LogP contribution in [0.5, 0.6) is 5.75 Å². The van der Waals surface area contributed by atoms with Crippen LogP contribution in [0.15, 0.2) is 94.4 Å². The quantitative estimate of drug-likeness (QED) is 0.127. The molecule has 0 bridgehead atoms. The molecule has 1 heterocycles. The third-order valence-electron chi connectivity index (χ3n) is 5.81. The highest BCUT2D eigenvalue weighted by Crippen LogP contribution is 2.38. The molecule has 0 unspecified atom stereocenters. The van der Waals surface area contributed by atoms with Crippen molar-refractivity contribution in [2.24, 2.45) is 5.10 Å². The summed E-state index contributed by atoms with van der Waals surface area (Å²) in [7, 11) is 0. The number of non-ortho nitro benzene ring substituents is 1. The molecule has 38 heavy (non-hydrogen) atoms. The minimum Gasteiger partial charge on any atom is -0.508 e. The smallest absolute Gasteiger partial charge is 0.411 e. The van der Waals surface area contributed by atoms with Crippen LogP contribution in [-0.2, 0) is 4.74 Å². The monoisotopic (exact) mass is 510 g/mol. The predicted octanol–water partition coefficient (Wildman–Crippen LogP) is 6.63. The van der Waals surface area contributed by atoms with Crippen molar-refractivity contribution < 1.29 is 24.0 Å². The van der Waals surface area contributed by atoms with Gasteiger partial charge in [0.1, 0.15) is 22.7 Å². The molecule has 3 N–H and O–H groups in total. The molecule has 0 aliphatic heterocycles. The summed E-state index contributed by atoms with van der Waals surface area (Å²) < 4.78 is 11.4. The molecule has 5 aromatic rings. The normalized spacial score (nSPS) is 11.4. The highest BCUT2D eigenvalue weighted by molar-refractivity contribution is 6.23. The number of fused-ring (bicyclic) bond motifs is 3. The number of benzene rings is 4. The van der Waals surface area contributed by atoms with E-state index in [4.69, 9.17) is 9.15 Å². The van der Waals surface area contributed by atoms with E-state index in [2.05, 4.69) is 15.8 Å². The average molecular weight is 511 g/mol. The number of hydrogen-bond donors (Lipinski definition) is 3. The lowest BCUT2D eigenvalue weighted by molar-refractivity contribution is -0.384. The molecule has 5 rings (SSSR count). The number of nitrogens with one attached hydrogen (secondary N) is 2. The highest BCUT2D eigenvalue weighted by atomic mass is 16.6. The van der Waals surface area contributed by atoms with Gasteiger partial charge < -0.3 is 14.3 Å². The van der Waals surface area contributed by atoms with Crippen molar-refractivity contribution in [3.8, 4) is 5.75 Å². The zero-order valence-electron chi connectivity index (χ0n) is 20.2. The molecule has 10 nitrogen and oxygen atoms in total. The number of hydrogen-bond acceptors (Lipinski definition) is 8. The zero-order valence-corrected chi connectivity index (χ0v) is 20.2. The van der Waals surface area contributed by atoms with E-state index in [0.29, 0.717) is 33.6 Å². The second-order valence-electron chi connectivity index (χ2n) is 8.23. The zero-order chi connectivity index (χ0) is 26.6. The lowest BCUT2D eigenvalue weighted by atomic mass is 10.0. The average Bonchev–Trinajstić information content (AvgIpc) is 3.28. The molecule has 0 saturated carbocycles. The molecule has 0 aliphatic carbocycles. The Morgan fingerprint density at radius 2 is 1.76 bits per heavy atom. The molecular formula is C28H22N4O6. The van der Waals surface area contributed by atoms with Crippen molar-refractivity contribution in [3.05, 3.63) is 106 Å². The Kier molecular flexibility index (Phi) is 6.60. The molecule has 0 aliphatic rings. The number of phenolic OH excluding ortho intramolecular Hbond substituents is 1. The third-order valence-corrected chi connectivity index (χ3v) is 5.81. The van der Waals surface area contributed by atoms with Gasteiger partial charge in [-0.25, -0.2) is 4.79 Å². The Balaban J connectivity index is 1.70. The van der Waals surface area contributed by atoms with Gasteiger partial charge in [0.15, 0.2) is 5.76 Å². The minimum atomic E-state index is -0.655. The first kappa shape index (κ1) is 24.3. The van der Waals surface area contributed by atoms with Gasteiger partial charge in [0.2, 0.25) is 0 Å². The van der Waals surface area contributed by atoms with E-state index in [-0.39, 0.29) is 23.8 Å². The molecule has 4 aromatic carbocycles. The Hall–Kier alpha value is -5.38. The van der Waals surface area contributed by atoms with E-state index in [1.54, 1.807) is 19.1 Å². The number of rotatable bonds is 7. The Morgan fingerprint density at radius 1 is 1.03 bits per heavy atom. The number of carbonyl (C=O) groups excluding carboxylic acids is 1. The Morgan fingerprint density at radius 3 is 2.47 bits per heavy atom. The molecule has 0 saturated heterocycles. The Labute approximate surface area is 216 Å². The number of hydrazone groups is 1. The molecule has 1 amide bonds. The van der Waals surface area contributed by atoms with Crippen LogP contribution in [0.2, 0.25) is 0 Å². The SMILES string of the molecule is CCOC(=O)Nc1c(/C(=N/Nc2ccc([N+](=O)[O-])cc2)c2ccc(O)cc2)oc2ccc3ccccc3c12. The molecule has 0 spiro atoms. The summed E-state index contributed by atoms with van der Waals surface area (Å²) >= 11 is 0. The molecule has 190 valence electrons. The van der Waals surface area contributed by atoms with E-state index < -0.39 is 11.0 Å². The van der Waals surface area contributed by atoms with E-state index in [0.717, 1.165) is 10.8 Å². The fourth-order valence-corrected chi connectivity index (χ4v) is 4.07. The van der Waals surface area contributed by atoms with Gasteiger partial charge in [-0.1, -0.05) is 30.3 Å². The van der Waals surface area contributed by atoms with Crippen LogP contribution < -0.4 is 10.7 Å². The summed E-state index contributed by atoms with van der Waals surface area (Å²) in [6, 6.07) is 23.6. The second-order valence-corrected chi connectivity index (χ2v) is 8.23. The Bertz CT molecular complexity index is 1670. The van der Waals surface area contributed by atoms with Crippen molar-refractivity contribution in [2.75, 3.05) is 17.3 Å². The van der Waals surface area contributed by atoms with Gasteiger partial charge in [0.05, 0.1) is 22.6 Å². The van der Waals surface area contributed by atoms with Gasteiger partial charge in [0.25, 0.3) is 5.69 Å². The van der Waals surface area contributed by atoms with E-state index in [9.17, 15) is 20.0 Å². The van der Waals surface area contributed by atoms with Crippen LogP contribution in [-0.4, -0.2) is 28.4 Å². The van der Waals surface area contributed by atoms with Crippen LogP contribution in [0, 0.1) is 10.1 Å². The minimum absolute atomic E-state index is 0.0524. The molecule has 1 aromatic heterocycles. The first-order valence-corrected chi connectivity index (χ1v) is 11.7. The van der Waals surface area contributed by atoms with Crippen LogP contribution in [0.1, 0.15) is 18.2 Å². The first-order chi connectivity index (χ1) is 18.4. The van der Waals surface area contributed by atoms with Gasteiger partial charge >= 0.3 is 6.09 Å². The number of ether oxygens (including phenoxy) is 1. The van der Waals surface area contributed by atoms with Crippen LogP contribution in [0.4, 0.5) is 21.9 Å². The lowest BCUT2D eigenvalue weighted by Gasteiger charge is -2.10. The summed E-state index contributed by atoms with van der Waals surface area (Å²) in [6.07, 6.45) is -0.655. The number of furan rings is 1. The van der Waals surface area contributed by atoms with Crippen molar-refractivity contribution in [3.63, 3.8) is 0 Å². The summed E-state index contributed by atoms with van der Waals surface area (Å²) in [5.74, 6) is 0.321. The van der Waals surface area contributed by atoms with Crippen molar-refractivity contribution in [2.45, 2.75) is 6.92 Å². The van der Waals surface area contributed by atoms with Crippen molar-refractivity contribution in [1.29, 1.82) is 0 Å². The standard InChI is InChI=1S/C28H22N4O6/c1-2-37-28(34)29-26-24-22-6-4-3-5-17(22)9-16-23(24)38-27(26)25(18-7-14-21(33)15-8-18)31-30-19-10-12-20(13-11-19)32(35)36/h3-16,30,33H,2H2,1H3,(H,29,34)/b31-25+. The van der Waals surface area contributed by atoms with Crippen LogP contribution in [0.3, 0.4) is 0 Å². The summed E-state index contributed by atoms with van der Waals surface area (Å²) in [5, 5.41) is 30.7. The molecule has 10 heteroatoms. The van der Waals surface area contributed by atoms with Gasteiger partial charge in [-0.05, 0) is 60.2 Å². The fraction of sp³-hybridized carbons (Fsp3) is 0.0714. The lowest BCUT2D eigenvalue weighted by Crippen LogP contribution is -2.16. The van der Waals surface area contributed by atoms with Gasteiger partial charge in [0, 0.05) is 17.7 Å². The number of nitro groups is 1. The number of amides is 1. The third kappa shape index (κ3) is 4.82. The van der Waals surface area contributed by atoms with Crippen LogP contribution >= 0.6 is 0 Å². The number of nitro benzene ring substituents is 1. The summed E-state index contributed by atoms with van der Waals surface area (Å²) in [5.41, 5.74) is 5.13. The topological polar surface area (TPSA) is 139 Å². The predicted molar refractivity (Wildman–Crippen MR) is 145 cm³/mol. The van der Waals surface area contributed by atoms with E-state index >= 15 is 0 Å². The maximum atomic E-state index is 12.6. The largest absolute Gasteiger partial charge is 0.508 e.